The monoisotopic (exact) mass is 435 g/mol. The highest BCUT2D eigenvalue weighted by Gasteiger charge is 2.26. The first-order valence-corrected chi connectivity index (χ1v) is 11.7. The van der Waals surface area contributed by atoms with Gasteiger partial charge in [-0.2, -0.15) is 0 Å². The molecule has 3 rings (SSSR count). The maximum Gasteiger partial charge on any atom is 0.241 e. The van der Waals surface area contributed by atoms with E-state index in [0.29, 0.717) is 49.4 Å². The van der Waals surface area contributed by atoms with Gasteiger partial charge in [-0.15, -0.1) is 0 Å². The summed E-state index contributed by atoms with van der Waals surface area (Å²) in [5, 5.41) is 0. The van der Waals surface area contributed by atoms with Crippen LogP contribution in [0.25, 0.3) is 0 Å². The predicted octanol–water partition coefficient (Wildman–Crippen LogP) is 3.93. The number of benzene rings is 2. The molecule has 7 nitrogen and oxygen atoms in total. The van der Waals surface area contributed by atoms with E-state index in [9.17, 15) is 8.42 Å². The molecule has 2 aromatic rings. The van der Waals surface area contributed by atoms with Crippen LogP contribution in [-0.2, 0) is 10.0 Å². The minimum absolute atomic E-state index is 0.00408. The van der Waals surface area contributed by atoms with Crippen LogP contribution in [0.15, 0.2) is 41.3 Å². The van der Waals surface area contributed by atoms with Gasteiger partial charge in [0.15, 0.2) is 23.0 Å². The van der Waals surface area contributed by atoms with Crippen molar-refractivity contribution in [3.05, 3.63) is 42.0 Å². The van der Waals surface area contributed by atoms with Gasteiger partial charge in [0, 0.05) is 12.1 Å². The second-order valence-electron chi connectivity index (χ2n) is 7.22. The number of nitrogens with one attached hydrogen (secondary N) is 1. The van der Waals surface area contributed by atoms with Crippen LogP contribution in [0.5, 0.6) is 23.0 Å². The molecule has 1 N–H and O–H groups in total. The maximum absolute atomic E-state index is 13.1. The molecule has 0 bridgehead atoms. The summed E-state index contributed by atoms with van der Waals surface area (Å²) in [5.41, 5.74) is 0.804. The first-order valence-electron chi connectivity index (χ1n) is 10.2. The van der Waals surface area contributed by atoms with Gasteiger partial charge in [-0.1, -0.05) is 19.9 Å². The fourth-order valence-electron chi connectivity index (χ4n) is 3.28. The van der Waals surface area contributed by atoms with Crippen molar-refractivity contribution >= 4 is 10.0 Å². The summed E-state index contributed by atoms with van der Waals surface area (Å²) < 4.78 is 51.4. The zero-order valence-electron chi connectivity index (χ0n) is 17.8. The van der Waals surface area contributed by atoms with E-state index < -0.39 is 16.1 Å². The summed E-state index contributed by atoms with van der Waals surface area (Å²) in [7, 11) is -3.79. The average molecular weight is 436 g/mol. The van der Waals surface area contributed by atoms with Crippen molar-refractivity contribution in [1.29, 1.82) is 0 Å². The molecular formula is C22H29NO6S. The van der Waals surface area contributed by atoms with E-state index in [4.69, 9.17) is 18.9 Å². The molecule has 2 aromatic carbocycles. The number of ether oxygens (including phenoxy) is 4. The molecule has 1 heterocycles. The van der Waals surface area contributed by atoms with Gasteiger partial charge in [0.2, 0.25) is 10.0 Å². The number of sulfonamides is 1. The van der Waals surface area contributed by atoms with Gasteiger partial charge in [-0.05, 0) is 49.6 Å². The molecule has 0 aromatic heterocycles. The zero-order chi connectivity index (χ0) is 21.7. The molecule has 0 saturated carbocycles. The van der Waals surface area contributed by atoms with E-state index in [1.54, 1.807) is 6.07 Å². The Morgan fingerprint density at radius 2 is 1.60 bits per heavy atom. The van der Waals surface area contributed by atoms with Crippen LogP contribution >= 0.6 is 0 Å². The molecule has 1 aliphatic heterocycles. The van der Waals surface area contributed by atoms with Crippen molar-refractivity contribution in [3.8, 4) is 23.0 Å². The van der Waals surface area contributed by atoms with Crippen molar-refractivity contribution in [3.63, 3.8) is 0 Å². The summed E-state index contributed by atoms with van der Waals surface area (Å²) in [4.78, 5) is 0.133. The number of hydrogen-bond acceptors (Lipinski definition) is 6. The van der Waals surface area contributed by atoms with Crippen LogP contribution in [0, 0.1) is 5.92 Å². The minimum Gasteiger partial charge on any atom is -0.490 e. The molecule has 8 heteroatoms. The van der Waals surface area contributed by atoms with Crippen molar-refractivity contribution in [1.82, 2.24) is 4.72 Å². The molecular weight excluding hydrogens is 406 g/mol. The Labute approximate surface area is 178 Å². The molecule has 0 unspecified atom stereocenters. The van der Waals surface area contributed by atoms with Gasteiger partial charge in [-0.25, -0.2) is 13.1 Å². The summed E-state index contributed by atoms with van der Waals surface area (Å²) in [5.74, 6) is 2.23. The minimum atomic E-state index is -3.79. The van der Waals surface area contributed by atoms with Crippen molar-refractivity contribution in [2.45, 2.75) is 38.6 Å². The highest BCUT2D eigenvalue weighted by molar-refractivity contribution is 7.89. The number of fused-ring (bicyclic) bond motifs is 1. The third-order valence-electron chi connectivity index (χ3n) is 4.70. The van der Waals surface area contributed by atoms with Gasteiger partial charge in [0.05, 0.1) is 18.1 Å². The largest absolute Gasteiger partial charge is 0.490 e. The third-order valence-corrected chi connectivity index (χ3v) is 6.14. The van der Waals surface area contributed by atoms with Crippen LogP contribution in [0.1, 0.15) is 39.3 Å². The molecule has 0 fully saturated rings. The average Bonchev–Trinajstić information content (AvgIpc) is 2.73. The van der Waals surface area contributed by atoms with Crippen LogP contribution in [-0.4, -0.2) is 34.8 Å². The van der Waals surface area contributed by atoms with E-state index in [1.807, 2.05) is 45.9 Å². The molecule has 0 spiro atoms. The second-order valence-corrected chi connectivity index (χ2v) is 8.93. The second kappa shape index (κ2) is 9.57. The van der Waals surface area contributed by atoms with Gasteiger partial charge in [0.1, 0.15) is 13.2 Å². The molecule has 0 saturated heterocycles. The standard InChI is InChI=1S/C22H29NO6S/c1-5-26-18-9-7-16(13-20(18)27-6-2)22(15(3)4)23-30(24,25)17-8-10-19-21(14-17)29-12-11-28-19/h7-10,13-15,22-23H,5-6,11-12H2,1-4H3/t22-/m1/s1. The highest BCUT2D eigenvalue weighted by Crippen LogP contribution is 2.35. The topological polar surface area (TPSA) is 83.1 Å². The SMILES string of the molecule is CCOc1ccc([C@H](NS(=O)(=O)c2ccc3c(c2)OCCO3)C(C)C)cc1OCC. The summed E-state index contributed by atoms with van der Waals surface area (Å²) >= 11 is 0. The molecule has 0 aliphatic carbocycles. The number of hydrogen-bond donors (Lipinski definition) is 1. The first-order chi connectivity index (χ1) is 14.4. The van der Waals surface area contributed by atoms with Gasteiger partial charge < -0.3 is 18.9 Å². The molecule has 1 atom stereocenters. The van der Waals surface area contributed by atoms with E-state index in [1.165, 1.54) is 12.1 Å². The lowest BCUT2D eigenvalue weighted by Crippen LogP contribution is -2.32. The Hall–Kier alpha value is -2.45. The Morgan fingerprint density at radius 3 is 2.27 bits per heavy atom. The lowest BCUT2D eigenvalue weighted by molar-refractivity contribution is 0.171. The Morgan fingerprint density at radius 1 is 0.933 bits per heavy atom. The fourth-order valence-corrected chi connectivity index (χ4v) is 4.66. The van der Waals surface area contributed by atoms with Gasteiger partial charge >= 0.3 is 0 Å². The first kappa shape index (κ1) is 22.2. The van der Waals surface area contributed by atoms with Crippen LogP contribution in [0.4, 0.5) is 0 Å². The van der Waals surface area contributed by atoms with Crippen molar-refractivity contribution in [2.24, 2.45) is 5.92 Å². The lowest BCUT2D eigenvalue weighted by atomic mass is 9.97. The van der Waals surface area contributed by atoms with Gasteiger partial charge in [0.25, 0.3) is 0 Å². The van der Waals surface area contributed by atoms with Crippen LogP contribution in [0.3, 0.4) is 0 Å². The molecule has 1 aliphatic rings. The van der Waals surface area contributed by atoms with Gasteiger partial charge in [-0.3, -0.25) is 0 Å². The third kappa shape index (κ3) is 4.99. The lowest BCUT2D eigenvalue weighted by Gasteiger charge is -2.24. The van der Waals surface area contributed by atoms with Crippen LogP contribution < -0.4 is 23.7 Å². The quantitative estimate of drug-likeness (QED) is 0.643. The summed E-state index contributed by atoms with van der Waals surface area (Å²) in [6, 6.07) is 9.72. The van der Waals surface area contributed by atoms with Crippen molar-refractivity contribution < 1.29 is 27.4 Å². The molecule has 164 valence electrons. The fraction of sp³-hybridized carbons (Fsp3) is 0.455. The Balaban J connectivity index is 1.90. The van der Waals surface area contributed by atoms with E-state index >= 15 is 0 Å². The summed E-state index contributed by atoms with van der Waals surface area (Å²) in [6.07, 6.45) is 0. The van der Waals surface area contributed by atoms with E-state index in [-0.39, 0.29) is 10.8 Å². The van der Waals surface area contributed by atoms with Crippen LogP contribution in [0.2, 0.25) is 0 Å². The van der Waals surface area contributed by atoms with Crippen molar-refractivity contribution in [2.75, 3.05) is 26.4 Å². The highest BCUT2D eigenvalue weighted by atomic mass is 32.2. The summed E-state index contributed by atoms with van der Waals surface area (Å²) in [6.45, 7) is 9.58. The van der Waals surface area contributed by atoms with E-state index in [2.05, 4.69) is 4.72 Å². The molecule has 0 radical (unpaired) electrons. The maximum atomic E-state index is 13.1. The number of rotatable bonds is 9. The molecule has 0 amide bonds. The normalized spacial score (nSPS) is 14.4. The smallest absolute Gasteiger partial charge is 0.241 e. The molecule has 30 heavy (non-hydrogen) atoms. The Bertz CT molecular complexity index is 974. The Kier molecular flexibility index (Phi) is 7.10. The zero-order valence-corrected chi connectivity index (χ0v) is 18.6. The van der Waals surface area contributed by atoms with E-state index in [0.717, 1.165) is 5.56 Å². The predicted molar refractivity (Wildman–Crippen MR) is 114 cm³/mol.